The largest absolute Gasteiger partial charge is 0.465 e. The number of alkyl carbamates (subject to hydrolysis) is 1. The van der Waals surface area contributed by atoms with Crippen LogP contribution in [-0.4, -0.2) is 32.1 Å². The molecule has 0 aliphatic rings. The average molecular weight is 422 g/mol. The molecule has 0 radical (unpaired) electrons. The fourth-order valence-electron chi connectivity index (χ4n) is 3.76. The Morgan fingerprint density at radius 1 is 0.967 bits per heavy atom. The highest BCUT2D eigenvalue weighted by Crippen LogP contribution is 2.34. The van der Waals surface area contributed by atoms with Crippen molar-refractivity contribution in [3.05, 3.63) is 29.8 Å². The number of nitrogens with one attached hydrogen (secondary N) is 1. The zero-order valence-corrected chi connectivity index (χ0v) is 19.9. The first-order valence-corrected chi connectivity index (χ1v) is 11.7. The molecule has 0 bridgehead atoms. The van der Waals surface area contributed by atoms with Crippen LogP contribution in [0.25, 0.3) is 0 Å². The number of carbonyl (C=O) groups is 1. The van der Waals surface area contributed by atoms with Crippen molar-refractivity contribution < 1.29 is 19.0 Å². The summed E-state index contributed by atoms with van der Waals surface area (Å²) in [5, 5.41) is 2.76. The van der Waals surface area contributed by atoms with Gasteiger partial charge in [0.2, 0.25) is 0 Å². The summed E-state index contributed by atoms with van der Waals surface area (Å²) in [6.07, 6.45) is 4.87. The SMILES string of the molecule is CCCCCCNC(=O)OCCOC(C)Oc1ccc(C(C(C)C)C(C)CC)cc1. The van der Waals surface area contributed by atoms with Crippen molar-refractivity contribution in [2.45, 2.75) is 85.9 Å². The van der Waals surface area contributed by atoms with Gasteiger partial charge in [-0.25, -0.2) is 4.79 Å². The zero-order chi connectivity index (χ0) is 22.4. The lowest BCUT2D eigenvalue weighted by Crippen LogP contribution is -2.27. The van der Waals surface area contributed by atoms with Crippen molar-refractivity contribution in [2.24, 2.45) is 11.8 Å². The molecule has 5 heteroatoms. The maximum absolute atomic E-state index is 11.6. The van der Waals surface area contributed by atoms with Crippen LogP contribution in [0.2, 0.25) is 0 Å². The number of unbranched alkanes of at least 4 members (excludes halogenated alkanes) is 3. The molecule has 5 nitrogen and oxygen atoms in total. The van der Waals surface area contributed by atoms with E-state index < -0.39 is 6.29 Å². The van der Waals surface area contributed by atoms with Gasteiger partial charge >= 0.3 is 6.09 Å². The van der Waals surface area contributed by atoms with Crippen LogP contribution in [0, 0.1) is 11.8 Å². The lowest BCUT2D eigenvalue weighted by atomic mass is 9.78. The van der Waals surface area contributed by atoms with Crippen molar-refractivity contribution in [3.63, 3.8) is 0 Å². The van der Waals surface area contributed by atoms with Gasteiger partial charge in [0, 0.05) is 6.54 Å². The predicted octanol–water partition coefficient (Wildman–Crippen LogP) is 6.52. The summed E-state index contributed by atoms with van der Waals surface area (Å²) in [7, 11) is 0. The Labute approximate surface area is 183 Å². The molecule has 1 amide bonds. The number of benzene rings is 1. The zero-order valence-electron chi connectivity index (χ0n) is 19.9. The second-order valence-corrected chi connectivity index (χ2v) is 8.40. The Balaban J connectivity index is 2.30. The molecular formula is C25H43NO4. The summed E-state index contributed by atoms with van der Waals surface area (Å²) < 4.78 is 16.5. The third-order valence-electron chi connectivity index (χ3n) is 5.51. The third kappa shape index (κ3) is 10.3. The molecular weight excluding hydrogens is 378 g/mol. The van der Waals surface area contributed by atoms with Crippen LogP contribution in [0.1, 0.15) is 85.1 Å². The Morgan fingerprint density at radius 2 is 1.67 bits per heavy atom. The van der Waals surface area contributed by atoms with Crippen LogP contribution in [0.15, 0.2) is 24.3 Å². The van der Waals surface area contributed by atoms with Crippen LogP contribution in [0.3, 0.4) is 0 Å². The molecule has 1 aromatic rings. The Kier molecular flexibility index (Phi) is 13.2. The van der Waals surface area contributed by atoms with Gasteiger partial charge in [0.05, 0.1) is 6.61 Å². The summed E-state index contributed by atoms with van der Waals surface area (Å²) >= 11 is 0. The van der Waals surface area contributed by atoms with E-state index in [0.717, 1.165) is 18.6 Å². The minimum absolute atomic E-state index is 0.207. The van der Waals surface area contributed by atoms with Crippen LogP contribution >= 0.6 is 0 Å². The summed E-state index contributed by atoms with van der Waals surface area (Å²) in [6, 6.07) is 8.34. The molecule has 1 aromatic carbocycles. The summed E-state index contributed by atoms with van der Waals surface area (Å²) in [4.78, 5) is 11.6. The molecule has 0 spiro atoms. The van der Waals surface area contributed by atoms with Crippen molar-refractivity contribution in [3.8, 4) is 5.75 Å². The first kappa shape index (κ1) is 26.3. The fraction of sp³-hybridized carbons (Fsp3) is 0.720. The minimum atomic E-state index is -0.410. The first-order valence-electron chi connectivity index (χ1n) is 11.7. The van der Waals surface area contributed by atoms with E-state index >= 15 is 0 Å². The van der Waals surface area contributed by atoms with Gasteiger partial charge in [-0.15, -0.1) is 0 Å². The molecule has 0 aliphatic carbocycles. The second kappa shape index (κ2) is 15.1. The quantitative estimate of drug-likeness (QED) is 0.259. The van der Waals surface area contributed by atoms with E-state index in [-0.39, 0.29) is 12.7 Å². The van der Waals surface area contributed by atoms with Crippen LogP contribution in [0.4, 0.5) is 4.79 Å². The van der Waals surface area contributed by atoms with Gasteiger partial charge in [-0.1, -0.05) is 72.4 Å². The van der Waals surface area contributed by atoms with Gasteiger partial charge in [0.15, 0.2) is 6.29 Å². The molecule has 172 valence electrons. The minimum Gasteiger partial charge on any atom is -0.465 e. The molecule has 1 rings (SSSR count). The van der Waals surface area contributed by atoms with Crippen molar-refractivity contribution in [1.82, 2.24) is 5.32 Å². The lowest BCUT2D eigenvalue weighted by molar-refractivity contribution is -0.0770. The number of hydrogen-bond donors (Lipinski definition) is 1. The molecule has 3 atom stereocenters. The number of rotatable bonds is 15. The molecule has 0 heterocycles. The van der Waals surface area contributed by atoms with E-state index in [0.29, 0.717) is 30.9 Å². The lowest BCUT2D eigenvalue weighted by Gasteiger charge is -2.27. The molecule has 0 aromatic heterocycles. The molecule has 0 saturated heterocycles. The maximum atomic E-state index is 11.6. The topological polar surface area (TPSA) is 56.8 Å². The summed E-state index contributed by atoms with van der Waals surface area (Å²) in [5.41, 5.74) is 1.36. The maximum Gasteiger partial charge on any atom is 0.407 e. The van der Waals surface area contributed by atoms with Crippen LogP contribution in [0.5, 0.6) is 5.75 Å². The van der Waals surface area contributed by atoms with Crippen molar-refractivity contribution >= 4 is 6.09 Å². The third-order valence-corrected chi connectivity index (χ3v) is 5.51. The highest BCUT2D eigenvalue weighted by atomic mass is 16.7. The van der Waals surface area contributed by atoms with Gasteiger partial charge < -0.3 is 19.5 Å². The fourth-order valence-corrected chi connectivity index (χ4v) is 3.76. The van der Waals surface area contributed by atoms with Crippen molar-refractivity contribution in [2.75, 3.05) is 19.8 Å². The number of carbonyl (C=O) groups excluding carboxylic acids is 1. The molecule has 1 N–H and O–H groups in total. The highest BCUT2D eigenvalue weighted by molar-refractivity contribution is 5.66. The van der Waals surface area contributed by atoms with Gasteiger partial charge in [-0.3, -0.25) is 0 Å². The second-order valence-electron chi connectivity index (χ2n) is 8.40. The van der Waals surface area contributed by atoms with Gasteiger partial charge in [-0.05, 0) is 48.8 Å². The summed E-state index contributed by atoms with van der Waals surface area (Å²) in [5.74, 6) is 2.58. The van der Waals surface area contributed by atoms with E-state index in [4.69, 9.17) is 14.2 Å². The van der Waals surface area contributed by atoms with E-state index in [2.05, 4.69) is 52.1 Å². The van der Waals surface area contributed by atoms with E-state index in [1.165, 1.54) is 24.8 Å². The Hall–Kier alpha value is -1.75. The standard InChI is InChI=1S/C25H43NO4/c1-7-9-10-11-16-26-25(27)29-18-17-28-21(6)30-23-14-12-22(13-15-23)24(19(3)4)20(5)8-2/h12-15,19-21,24H,7-11,16-18H2,1-6H3,(H,26,27). The molecule has 0 aliphatic heterocycles. The Morgan fingerprint density at radius 3 is 2.27 bits per heavy atom. The number of ether oxygens (including phenoxy) is 3. The molecule has 3 unspecified atom stereocenters. The van der Waals surface area contributed by atoms with E-state index in [1.54, 1.807) is 0 Å². The van der Waals surface area contributed by atoms with Gasteiger partial charge in [0.25, 0.3) is 0 Å². The average Bonchev–Trinajstić information content (AvgIpc) is 2.72. The number of hydrogen-bond acceptors (Lipinski definition) is 4. The predicted molar refractivity (Wildman–Crippen MR) is 123 cm³/mol. The molecule has 0 fully saturated rings. The normalized spacial score (nSPS) is 14.2. The van der Waals surface area contributed by atoms with Gasteiger partial charge in [-0.2, -0.15) is 0 Å². The summed E-state index contributed by atoms with van der Waals surface area (Å²) in [6.45, 7) is 14.3. The van der Waals surface area contributed by atoms with Crippen LogP contribution < -0.4 is 10.1 Å². The molecule has 0 saturated carbocycles. The van der Waals surface area contributed by atoms with E-state index in [1.807, 2.05) is 19.1 Å². The Bertz CT molecular complexity index is 573. The van der Waals surface area contributed by atoms with Crippen molar-refractivity contribution in [1.29, 1.82) is 0 Å². The smallest absolute Gasteiger partial charge is 0.407 e. The highest BCUT2D eigenvalue weighted by Gasteiger charge is 2.21. The van der Waals surface area contributed by atoms with E-state index in [9.17, 15) is 4.79 Å². The van der Waals surface area contributed by atoms with Crippen LogP contribution in [-0.2, 0) is 9.47 Å². The molecule has 30 heavy (non-hydrogen) atoms. The van der Waals surface area contributed by atoms with Gasteiger partial charge in [0.1, 0.15) is 12.4 Å². The first-order chi connectivity index (χ1) is 14.4. The number of amides is 1. The monoisotopic (exact) mass is 421 g/mol.